The zero-order valence-electron chi connectivity index (χ0n) is 8.39. The van der Waals surface area contributed by atoms with E-state index in [-0.39, 0.29) is 19.1 Å². The smallest absolute Gasteiger partial charge is 0.375 e. The molecule has 82 valence electrons. The first kappa shape index (κ1) is 11.5. The molecule has 0 bridgehead atoms. The van der Waals surface area contributed by atoms with Gasteiger partial charge in [-0.25, -0.2) is 4.39 Å². The van der Waals surface area contributed by atoms with Crippen LogP contribution in [0.5, 0.6) is 0 Å². The molecule has 0 aromatic heterocycles. The van der Waals surface area contributed by atoms with Gasteiger partial charge in [0.05, 0.1) is 0 Å². The van der Waals surface area contributed by atoms with E-state index in [9.17, 15) is 8.96 Å². The van der Waals surface area contributed by atoms with E-state index in [1.54, 1.807) is 6.92 Å². The molecule has 2 unspecified atom stereocenters. The van der Waals surface area contributed by atoms with E-state index in [1.165, 1.54) is 0 Å². The van der Waals surface area contributed by atoms with Crippen molar-refractivity contribution in [1.29, 1.82) is 0 Å². The normalized spacial score (nSPS) is 49.5. The van der Waals surface area contributed by atoms with Gasteiger partial charge in [-0.1, -0.05) is 6.92 Å². The van der Waals surface area contributed by atoms with E-state index in [0.29, 0.717) is 6.42 Å². The summed E-state index contributed by atoms with van der Waals surface area (Å²) >= 11 is 0. The Hall–Kier alpha value is -0.0251. The van der Waals surface area contributed by atoms with Gasteiger partial charge in [-0.2, -0.15) is 0 Å². The highest BCUT2D eigenvalue weighted by molar-refractivity contribution is 7.33. The minimum Gasteiger partial charge on any atom is -0.375 e. The van der Waals surface area contributed by atoms with Gasteiger partial charge in [-0.15, -0.1) is 9.05 Å². The highest BCUT2D eigenvalue weighted by atomic mass is 31.1. The van der Waals surface area contributed by atoms with Crippen LogP contribution in [-0.2, 0) is 18.3 Å². The lowest BCUT2D eigenvalue weighted by Gasteiger charge is -2.28. The molecule has 0 aliphatic carbocycles. The number of hydrogen-bond acceptors (Lipinski definition) is 4. The van der Waals surface area contributed by atoms with Crippen molar-refractivity contribution in [1.82, 2.24) is 0 Å². The predicted molar refractivity (Wildman–Crippen MR) is 51.5 cm³/mol. The summed E-state index contributed by atoms with van der Waals surface area (Å²) in [5.74, 6) is -0.377. The molecule has 7 heteroatoms. The molecule has 2 saturated heterocycles. The monoisotopic (exact) mass is 233 g/mol. The second kappa shape index (κ2) is 4.09. The first-order valence-electron chi connectivity index (χ1n) is 4.86. The molecule has 2 heterocycles. The molecular formula is C8H12BFO4P+. The lowest BCUT2D eigenvalue weighted by molar-refractivity contribution is -0.0623. The van der Waals surface area contributed by atoms with Crippen molar-refractivity contribution in [3.05, 3.63) is 0 Å². The van der Waals surface area contributed by atoms with Crippen molar-refractivity contribution >= 4 is 16.1 Å². The van der Waals surface area contributed by atoms with Crippen LogP contribution in [0.4, 0.5) is 4.39 Å². The Morgan fingerprint density at radius 3 is 2.87 bits per heavy atom. The quantitative estimate of drug-likeness (QED) is 0.467. The highest BCUT2D eigenvalue weighted by Crippen LogP contribution is 2.44. The number of halogens is 1. The molecule has 15 heavy (non-hydrogen) atoms. The summed E-state index contributed by atoms with van der Waals surface area (Å²) in [7, 11) is 3.39. The van der Waals surface area contributed by atoms with Crippen molar-refractivity contribution in [2.45, 2.75) is 31.1 Å². The van der Waals surface area contributed by atoms with E-state index in [0.717, 1.165) is 0 Å². The second-order valence-corrected chi connectivity index (χ2v) is 4.92. The molecule has 2 radical (unpaired) electrons. The summed E-state index contributed by atoms with van der Waals surface area (Å²) in [6, 6.07) is -0.931. The summed E-state index contributed by atoms with van der Waals surface area (Å²) in [5, 5.41) is 0. The molecule has 4 nitrogen and oxygen atoms in total. The molecular weight excluding hydrogens is 221 g/mol. The van der Waals surface area contributed by atoms with Gasteiger partial charge in [0.25, 0.3) is 0 Å². The molecule has 5 atom stereocenters. The molecule has 0 aromatic carbocycles. The SMILES string of the molecule is [B][C@@H]1O[C@@]2(CCO[P+](=O)OC2)C(C)[C@@H]1F. The topological polar surface area (TPSA) is 44.8 Å². The summed E-state index contributed by atoms with van der Waals surface area (Å²) in [5.41, 5.74) is -0.791. The third-order valence-electron chi connectivity index (χ3n) is 3.13. The summed E-state index contributed by atoms with van der Waals surface area (Å²) < 4.78 is 39.8. The molecule has 1 spiro atoms. The van der Waals surface area contributed by atoms with E-state index in [2.05, 4.69) is 0 Å². The minimum atomic E-state index is -2.10. The van der Waals surface area contributed by atoms with Gasteiger partial charge in [0.1, 0.15) is 32.8 Å². The van der Waals surface area contributed by atoms with Crippen LogP contribution in [0.15, 0.2) is 0 Å². The number of alkyl halides is 1. The van der Waals surface area contributed by atoms with Gasteiger partial charge in [0.15, 0.2) is 0 Å². The van der Waals surface area contributed by atoms with Crippen molar-refractivity contribution < 1.29 is 22.7 Å². The standard InChI is InChI=1S/C8H12BFO4P/c1-5-6(10)7(9)14-8(5)2-3-12-15(11)13-4-8/h5-7H,2-4H2,1H3/q+1/t5?,6-,7+,8+/m0/s1. The van der Waals surface area contributed by atoms with Gasteiger partial charge in [0.2, 0.25) is 0 Å². The largest absolute Gasteiger partial charge is 0.697 e. The Kier molecular flexibility index (Phi) is 3.13. The lowest BCUT2D eigenvalue weighted by Crippen LogP contribution is -2.40. The van der Waals surface area contributed by atoms with Gasteiger partial charge >= 0.3 is 8.25 Å². The van der Waals surface area contributed by atoms with Crippen LogP contribution in [0.25, 0.3) is 0 Å². The fraction of sp³-hybridized carbons (Fsp3) is 1.00. The molecule has 0 saturated carbocycles. The van der Waals surface area contributed by atoms with Crippen molar-refractivity contribution in [3.63, 3.8) is 0 Å². The molecule has 2 aliphatic heterocycles. The average Bonchev–Trinajstić information content (AvgIpc) is 2.39. The molecule has 2 aliphatic rings. The minimum absolute atomic E-state index is 0.0670. The lowest BCUT2D eigenvalue weighted by atomic mass is 9.82. The van der Waals surface area contributed by atoms with Gasteiger partial charge in [-0.3, -0.25) is 0 Å². The maximum Gasteiger partial charge on any atom is 0.697 e. The number of ether oxygens (including phenoxy) is 1. The fourth-order valence-electron chi connectivity index (χ4n) is 2.03. The fourth-order valence-corrected chi connectivity index (χ4v) is 2.67. The predicted octanol–water partition coefficient (Wildman–Crippen LogP) is 1.32. The Labute approximate surface area is 89.8 Å². The van der Waals surface area contributed by atoms with Gasteiger partial charge < -0.3 is 4.74 Å². The van der Waals surface area contributed by atoms with Gasteiger partial charge in [0, 0.05) is 22.9 Å². The molecule has 0 N–H and O–H groups in total. The van der Waals surface area contributed by atoms with E-state index in [1.807, 2.05) is 0 Å². The third kappa shape index (κ3) is 1.96. The first-order valence-corrected chi connectivity index (χ1v) is 5.95. The van der Waals surface area contributed by atoms with Crippen LogP contribution in [0.2, 0.25) is 0 Å². The second-order valence-electron chi connectivity index (χ2n) is 3.96. The first-order chi connectivity index (χ1) is 7.05. The van der Waals surface area contributed by atoms with Crippen molar-refractivity contribution in [3.8, 4) is 0 Å². The van der Waals surface area contributed by atoms with Crippen molar-refractivity contribution in [2.24, 2.45) is 5.92 Å². The van der Waals surface area contributed by atoms with Crippen molar-refractivity contribution in [2.75, 3.05) is 13.2 Å². The summed E-state index contributed by atoms with van der Waals surface area (Å²) in [4.78, 5) is 0. The van der Waals surface area contributed by atoms with E-state index in [4.69, 9.17) is 21.6 Å². The molecule has 2 rings (SSSR count). The summed E-state index contributed by atoms with van der Waals surface area (Å²) in [6.07, 6.45) is -0.770. The highest BCUT2D eigenvalue weighted by Gasteiger charge is 2.54. The Balaban J connectivity index is 2.15. The maximum absolute atomic E-state index is 13.6. The van der Waals surface area contributed by atoms with E-state index >= 15 is 0 Å². The zero-order chi connectivity index (χ0) is 11.1. The third-order valence-corrected chi connectivity index (χ3v) is 3.86. The molecule has 0 aromatic rings. The van der Waals surface area contributed by atoms with Gasteiger partial charge in [-0.05, 0) is 0 Å². The summed E-state index contributed by atoms with van der Waals surface area (Å²) in [6.45, 7) is 2.02. The average molecular weight is 233 g/mol. The Morgan fingerprint density at radius 1 is 1.53 bits per heavy atom. The molecule has 2 fully saturated rings. The van der Waals surface area contributed by atoms with Crippen LogP contribution in [0.1, 0.15) is 13.3 Å². The van der Waals surface area contributed by atoms with Crippen LogP contribution in [-0.4, -0.2) is 38.8 Å². The molecule has 0 amide bonds. The number of rotatable bonds is 0. The zero-order valence-corrected chi connectivity index (χ0v) is 9.28. The van der Waals surface area contributed by atoms with E-state index < -0.39 is 26.0 Å². The Bertz CT molecular complexity index is 279. The number of hydrogen-bond donors (Lipinski definition) is 0. The van der Waals surface area contributed by atoms with Crippen LogP contribution >= 0.6 is 8.25 Å². The van der Waals surface area contributed by atoms with Crippen LogP contribution in [0, 0.1) is 5.92 Å². The van der Waals surface area contributed by atoms with Crippen LogP contribution in [0.3, 0.4) is 0 Å². The van der Waals surface area contributed by atoms with Crippen LogP contribution < -0.4 is 0 Å². The Morgan fingerprint density at radius 2 is 2.27 bits per heavy atom. The maximum atomic E-state index is 13.6.